The SMILES string of the molecule is Clc1ccc(-c2[nH]ncc2CN[C@@H]2CCCN(C3Cc4ccccc4C3)C2)cc1. The maximum Gasteiger partial charge on any atom is 0.0695 e. The zero-order chi connectivity index (χ0) is 19.6. The van der Waals surface area contributed by atoms with Gasteiger partial charge in [0.1, 0.15) is 0 Å². The fourth-order valence-electron chi connectivity index (χ4n) is 4.86. The number of nitrogens with one attached hydrogen (secondary N) is 2. The smallest absolute Gasteiger partial charge is 0.0695 e. The predicted molar refractivity (Wildman–Crippen MR) is 118 cm³/mol. The molecular formula is C24H27ClN4. The van der Waals surface area contributed by atoms with Gasteiger partial charge in [0, 0.05) is 35.8 Å². The van der Waals surface area contributed by atoms with E-state index in [1.807, 2.05) is 30.5 Å². The molecule has 1 saturated heterocycles. The third-order valence-corrected chi connectivity index (χ3v) is 6.68. The lowest BCUT2D eigenvalue weighted by atomic mass is 10.0. The molecule has 29 heavy (non-hydrogen) atoms. The van der Waals surface area contributed by atoms with E-state index in [2.05, 4.69) is 44.7 Å². The normalized spacial score (nSPS) is 20.1. The van der Waals surface area contributed by atoms with Gasteiger partial charge in [0.2, 0.25) is 0 Å². The van der Waals surface area contributed by atoms with E-state index >= 15 is 0 Å². The lowest BCUT2D eigenvalue weighted by molar-refractivity contribution is 0.140. The van der Waals surface area contributed by atoms with Crippen molar-refractivity contribution < 1.29 is 0 Å². The molecule has 2 aromatic carbocycles. The van der Waals surface area contributed by atoms with Gasteiger partial charge in [0.15, 0.2) is 0 Å². The molecule has 1 aliphatic carbocycles. The molecule has 0 bridgehead atoms. The first kappa shape index (κ1) is 18.9. The van der Waals surface area contributed by atoms with Gasteiger partial charge in [0.05, 0.1) is 11.9 Å². The van der Waals surface area contributed by atoms with E-state index in [9.17, 15) is 0 Å². The lowest BCUT2D eigenvalue weighted by Crippen LogP contribution is -2.49. The molecule has 0 unspecified atom stereocenters. The highest BCUT2D eigenvalue weighted by Gasteiger charge is 2.30. The molecule has 1 aliphatic heterocycles. The van der Waals surface area contributed by atoms with E-state index in [0.29, 0.717) is 12.1 Å². The van der Waals surface area contributed by atoms with Gasteiger partial charge >= 0.3 is 0 Å². The highest BCUT2D eigenvalue weighted by atomic mass is 35.5. The van der Waals surface area contributed by atoms with E-state index < -0.39 is 0 Å². The molecule has 5 heteroatoms. The van der Waals surface area contributed by atoms with Crippen molar-refractivity contribution in [1.29, 1.82) is 0 Å². The summed E-state index contributed by atoms with van der Waals surface area (Å²) in [6.07, 6.45) is 6.84. The summed E-state index contributed by atoms with van der Waals surface area (Å²) < 4.78 is 0. The van der Waals surface area contributed by atoms with Gasteiger partial charge in [-0.15, -0.1) is 0 Å². The number of aromatic amines is 1. The van der Waals surface area contributed by atoms with Crippen LogP contribution in [0.4, 0.5) is 0 Å². The van der Waals surface area contributed by atoms with Crippen LogP contribution in [0.15, 0.2) is 54.7 Å². The zero-order valence-electron chi connectivity index (χ0n) is 16.6. The molecule has 1 fully saturated rings. The number of hydrogen-bond acceptors (Lipinski definition) is 3. The maximum absolute atomic E-state index is 6.03. The number of piperidine rings is 1. The third-order valence-electron chi connectivity index (χ3n) is 6.43. The van der Waals surface area contributed by atoms with Gasteiger partial charge in [-0.25, -0.2) is 0 Å². The maximum atomic E-state index is 6.03. The molecule has 1 atom stereocenters. The molecule has 0 radical (unpaired) electrons. The molecule has 2 heterocycles. The number of halogens is 1. The van der Waals surface area contributed by atoms with Crippen LogP contribution >= 0.6 is 11.6 Å². The molecule has 2 aliphatic rings. The van der Waals surface area contributed by atoms with Gasteiger partial charge in [0.25, 0.3) is 0 Å². The second-order valence-corrected chi connectivity index (χ2v) is 8.76. The van der Waals surface area contributed by atoms with Crippen molar-refractivity contribution in [3.8, 4) is 11.3 Å². The van der Waals surface area contributed by atoms with E-state index in [1.165, 1.54) is 37.8 Å². The average Bonchev–Trinajstić information content (AvgIpc) is 3.40. The Balaban J connectivity index is 1.20. The van der Waals surface area contributed by atoms with Gasteiger partial charge in [-0.1, -0.05) is 48.0 Å². The molecule has 5 rings (SSSR count). The minimum Gasteiger partial charge on any atom is -0.309 e. The van der Waals surface area contributed by atoms with E-state index in [1.54, 1.807) is 11.1 Å². The van der Waals surface area contributed by atoms with Crippen LogP contribution in [-0.2, 0) is 19.4 Å². The van der Waals surface area contributed by atoms with Crippen LogP contribution in [0.3, 0.4) is 0 Å². The summed E-state index contributed by atoms with van der Waals surface area (Å²) in [6.45, 7) is 3.18. The first-order valence-corrected chi connectivity index (χ1v) is 11.0. The number of aromatic nitrogens is 2. The lowest BCUT2D eigenvalue weighted by Gasteiger charge is -2.37. The average molecular weight is 407 g/mol. The molecule has 1 aromatic heterocycles. The topological polar surface area (TPSA) is 44.0 Å². The quantitative estimate of drug-likeness (QED) is 0.657. The van der Waals surface area contributed by atoms with E-state index in [4.69, 9.17) is 11.6 Å². The number of H-pyrrole nitrogens is 1. The molecular weight excluding hydrogens is 380 g/mol. The summed E-state index contributed by atoms with van der Waals surface area (Å²) in [5, 5.41) is 12.0. The van der Waals surface area contributed by atoms with Crippen LogP contribution < -0.4 is 5.32 Å². The number of likely N-dealkylation sites (tertiary alicyclic amines) is 1. The minimum atomic E-state index is 0.528. The van der Waals surface area contributed by atoms with Crippen LogP contribution in [0.2, 0.25) is 5.02 Å². The Hall–Kier alpha value is -2.14. The Morgan fingerprint density at radius 1 is 1.07 bits per heavy atom. The second kappa shape index (κ2) is 8.31. The van der Waals surface area contributed by atoms with Crippen molar-refractivity contribution in [1.82, 2.24) is 20.4 Å². The Morgan fingerprint density at radius 2 is 1.83 bits per heavy atom. The molecule has 3 aromatic rings. The zero-order valence-corrected chi connectivity index (χ0v) is 17.3. The van der Waals surface area contributed by atoms with E-state index in [-0.39, 0.29) is 0 Å². The minimum absolute atomic E-state index is 0.528. The van der Waals surface area contributed by atoms with Gasteiger partial charge < -0.3 is 5.32 Å². The Labute approximate surface area is 177 Å². The third kappa shape index (κ3) is 4.11. The van der Waals surface area contributed by atoms with Crippen molar-refractivity contribution in [2.24, 2.45) is 0 Å². The summed E-state index contributed by atoms with van der Waals surface area (Å²) in [4.78, 5) is 2.71. The second-order valence-electron chi connectivity index (χ2n) is 8.32. The number of fused-ring (bicyclic) bond motifs is 1. The van der Waals surface area contributed by atoms with Gasteiger partial charge in [-0.05, 0) is 61.1 Å². The number of rotatable bonds is 5. The number of nitrogens with zero attached hydrogens (tertiary/aromatic N) is 2. The summed E-state index contributed by atoms with van der Waals surface area (Å²) in [5.74, 6) is 0. The predicted octanol–water partition coefficient (Wildman–Crippen LogP) is 4.45. The van der Waals surface area contributed by atoms with Crippen molar-refractivity contribution in [2.75, 3.05) is 13.1 Å². The summed E-state index contributed by atoms with van der Waals surface area (Å²) in [7, 11) is 0. The first-order chi connectivity index (χ1) is 14.3. The molecule has 0 saturated carbocycles. The van der Waals surface area contributed by atoms with Crippen LogP contribution in [-0.4, -0.2) is 40.3 Å². The Kier molecular flexibility index (Phi) is 5.40. The van der Waals surface area contributed by atoms with Crippen molar-refractivity contribution in [3.05, 3.63) is 76.4 Å². The van der Waals surface area contributed by atoms with Gasteiger partial charge in [-0.3, -0.25) is 10.00 Å². The molecule has 0 amide bonds. The van der Waals surface area contributed by atoms with Crippen molar-refractivity contribution in [2.45, 2.75) is 44.3 Å². The molecule has 0 spiro atoms. The number of benzene rings is 2. The largest absolute Gasteiger partial charge is 0.309 e. The van der Waals surface area contributed by atoms with Crippen molar-refractivity contribution >= 4 is 11.6 Å². The van der Waals surface area contributed by atoms with Crippen molar-refractivity contribution in [3.63, 3.8) is 0 Å². The standard InChI is InChI=1S/C24H27ClN4/c25-21-9-7-17(8-10-21)24-20(15-27-28-24)14-26-22-6-3-11-29(16-22)23-12-18-4-1-2-5-19(18)13-23/h1-2,4-5,7-10,15,22-23,26H,3,6,11-14,16H2,(H,27,28)/t22-/m1/s1. The number of hydrogen-bond donors (Lipinski definition) is 2. The van der Waals surface area contributed by atoms with Crippen LogP contribution in [0.25, 0.3) is 11.3 Å². The highest BCUT2D eigenvalue weighted by molar-refractivity contribution is 6.30. The monoisotopic (exact) mass is 406 g/mol. The highest BCUT2D eigenvalue weighted by Crippen LogP contribution is 2.28. The van der Waals surface area contributed by atoms with Crippen LogP contribution in [0.1, 0.15) is 29.5 Å². The van der Waals surface area contributed by atoms with Gasteiger partial charge in [-0.2, -0.15) is 5.10 Å². The first-order valence-electron chi connectivity index (χ1n) is 10.6. The Morgan fingerprint density at radius 3 is 2.59 bits per heavy atom. The molecule has 150 valence electrons. The molecule has 4 nitrogen and oxygen atoms in total. The van der Waals surface area contributed by atoms with Crippen LogP contribution in [0, 0.1) is 0 Å². The Bertz CT molecular complexity index is 940. The van der Waals surface area contributed by atoms with E-state index in [0.717, 1.165) is 29.4 Å². The summed E-state index contributed by atoms with van der Waals surface area (Å²) in [5.41, 5.74) is 6.49. The molecule has 2 N–H and O–H groups in total. The fourth-order valence-corrected chi connectivity index (χ4v) is 4.99. The van der Waals surface area contributed by atoms with Crippen LogP contribution in [0.5, 0.6) is 0 Å². The fraction of sp³-hybridized carbons (Fsp3) is 0.375. The summed E-state index contributed by atoms with van der Waals surface area (Å²) >= 11 is 6.03. The summed E-state index contributed by atoms with van der Waals surface area (Å²) in [6, 6.07) is 18.1.